The molecular formula is C76H138NO8P. The van der Waals surface area contributed by atoms with E-state index in [1.165, 1.54) is 225 Å². The Morgan fingerprint density at radius 2 is 0.663 bits per heavy atom. The van der Waals surface area contributed by atoms with Crippen molar-refractivity contribution in [1.29, 1.82) is 0 Å². The quantitative estimate of drug-likeness (QED) is 0.0195. The minimum Gasteiger partial charge on any atom is -0.756 e. The van der Waals surface area contributed by atoms with Crippen molar-refractivity contribution in [3.05, 3.63) is 85.1 Å². The van der Waals surface area contributed by atoms with Crippen LogP contribution in [0.3, 0.4) is 0 Å². The van der Waals surface area contributed by atoms with Crippen molar-refractivity contribution in [2.75, 3.05) is 47.5 Å². The SMILES string of the molecule is CC/C=C\C/C=C\C/C=C\C/C=C\C/C=C\C/C=C\CCCCCCCCCCCCCCC(=O)OC(COC(=O)CCCCCCCCCCCCCCCCCCCCC/C=C\CCCCCCCCCC)COP(=O)([O-])OCC[N+](C)(C)C. The van der Waals surface area contributed by atoms with Crippen LogP contribution in [-0.2, 0) is 32.7 Å². The molecule has 0 saturated heterocycles. The second-order valence-electron chi connectivity index (χ2n) is 25.6. The van der Waals surface area contributed by atoms with Gasteiger partial charge in [-0.3, -0.25) is 14.2 Å². The molecule has 0 aromatic carbocycles. The number of hydrogen-bond donors (Lipinski definition) is 0. The number of phosphoric acid groups is 1. The Hall–Kier alpha value is -2.81. The number of quaternary nitrogens is 1. The third-order valence-electron chi connectivity index (χ3n) is 15.9. The van der Waals surface area contributed by atoms with E-state index in [4.69, 9.17) is 18.5 Å². The molecule has 0 fully saturated rings. The standard InChI is InChI=1S/C76H138NO8P/c1-6-8-10-12-14-16-18-20-22-24-26-28-30-32-34-36-38-40-42-44-46-48-50-52-54-56-58-60-62-64-66-68-75(78)82-72-74(73-84-86(80,81)83-71-70-77(3,4)5)85-76(79)69-67-65-63-61-59-57-55-53-51-49-47-45-43-41-39-37-35-33-31-29-27-25-23-21-19-17-15-13-11-9-7-2/h9,11,15,17,21,23-24,26-27,29,33,35,39,41,74H,6-8,10,12-14,16,18-20,22,25,28,30-32,34,36-38,40,42-73H2,1-5H3/b11-9-,17-15-,23-21-,26-24-,29-27-,35-33-,41-39-. The van der Waals surface area contributed by atoms with Crippen LogP contribution >= 0.6 is 7.82 Å². The zero-order chi connectivity index (χ0) is 62.6. The minimum absolute atomic E-state index is 0.0325. The van der Waals surface area contributed by atoms with E-state index >= 15 is 0 Å². The summed E-state index contributed by atoms with van der Waals surface area (Å²) in [6.07, 6.45) is 91.0. The summed E-state index contributed by atoms with van der Waals surface area (Å²) in [6.45, 7) is 4.17. The summed E-state index contributed by atoms with van der Waals surface area (Å²) in [5.41, 5.74) is 0. The molecule has 9 nitrogen and oxygen atoms in total. The molecule has 0 aliphatic carbocycles. The number of phosphoric ester groups is 1. The van der Waals surface area contributed by atoms with Crippen LogP contribution in [0.5, 0.6) is 0 Å². The van der Waals surface area contributed by atoms with E-state index in [1.54, 1.807) is 0 Å². The fraction of sp³-hybridized carbons (Fsp3) is 0.789. The molecule has 2 unspecified atom stereocenters. The van der Waals surface area contributed by atoms with Gasteiger partial charge in [-0.05, 0) is 89.9 Å². The Morgan fingerprint density at radius 3 is 1.00 bits per heavy atom. The highest BCUT2D eigenvalue weighted by molar-refractivity contribution is 7.45. The van der Waals surface area contributed by atoms with Crippen LogP contribution in [0.25, 0.3) is 0 Å². The summed E-state index contributed by atoms with van der Waals surface area (Å²) < 4.78 is 34.4. The van der Waals surface area contributed by atoms with Gasteiger partial charge in [-0.25, -0.2) is 0 Å². The lowest BCUT2D eigenvalue weighted by atomic mass is 10.0. The van der Waals surface area contributed by atoms with E-state index < -0.39 is 26.5 Å². The van der Waals surface area contributed by atoms with Gasteiger partial charge in [0.15, 0.2) is 6.10 Å². The van der Waals surface area contributed by atoms with Crippen molar-refractivity contribution in [3.63, 3.8) is 0 Å². The van der Waals surface area contributed by atoms with Crippen LogP contribution in [0.15, 0.2) is 85.1 Å². The molecule has 0 radical (unpaired) electrons. The number of allylic oxidation sites excluding steroid dienone is 14. The molecule has 0 bridgehead atoms. The van der Waals surface area contributed by atoms with Crippen LogP contribution < -0.4 is 4.89 Å². The van der Waals surface area contributed by atoms with E-state index in [-0.39, 0.29) is 32.0 Å². The maximum atomic E-state index is 12.9. The molecule has 0 amide bonds. The molecule has 0 N–H and O–H groups in total. The fourth-order valence-electron chi connectivity index (χ4n) is 10.4. The highest BCUT2D eigenvalue weighted by Crippen LogP contribution is 2.38. The molecular weight excluding hydrogens is 1090 g/mol. The number of esters is 2. The first-order chi connectivity index (χ1) is 42.0. The predicted octanol–water partition coefficient (Wildman–Crippen LogP) is 23.1. The predicted molar refractivity (Wildman–Crippen MR) is 369 cm³/mol. The number of ether oxygens (including phenoxy) is 2. The van der Waals surface area contributed by atoms with Gasteiger partial charge in [-0.2, -0.15) is 0 Å². The van der Waals surface area contributed by atoms with Gasteiger partial charge in [0.05, 0.1) is 27.7 Å². The van der Waals surface area contributed by atoms with Crippen LogP contribution in [0, 0.1) is 0 Å². The number of rotatable bonds is 67. The van der Waals surface area contributed by atoms with Gasteiger partial charge < -0.3 is 27.9 Å². The topological polar surface area (TPSA) is 111 Å². The maximum Gasteiger partial charge on any atom is 0.306 e. The van der Waals surface area contributed by atoms with Crippen molar-refractivity contribution in [3.8, 4) is 0 Å². The number of carbonyl (C=O) groups is 2. The van der Waals surface area contributed by atoms with Gasteiger partial charge >= 0.3 is 11.9 Å². The fourth-order valence-corrected chi connectivity index (χ4v) is 11.1. The molecule has 0 aliphatic rings. The monoisotopic (exact) mass is 1220 g/mol. The lowest BCUT2D eigenvalue weighted by Crippen LogP contribution is -2.37. The van der Waals surface area contributed by atoms with Crippen LogP contribution in [0.4, 0.5) is 0 Å². The molecule has 0 aromatic heterocycles. The van der Waals surface area contributed by atoms with E-state index in [1.807, 2.05) is 21.1 Å². The molecule has 0 aliphatic heterocycles. The second kappa shape index (κ2) is 66.6. The molecule has 0 heterocycles. The van der Waals surface area contributed by atoms with Crippen LogP contribution in [0.1, 0.15) is 335 Å². The zero-order valence-electron chi connectivity index (χ0n) is 57.0. The van der Waals surface area contributed by atoms with Gasteiger partial charge in [0.25, 0.3) is 7.82 Å². The first kappa shape index (κ1) is 83.2. The number of hydrogen-bond acceptors (Lipinski definition) is 8. The van der Waals surface area contributed by atoms with Crippen LogP contribution in [-0.4, -0.2) is 70.0 Å². The van der Waals surface area contributed by atoms with Crippen molar-refractivity contribution in [2.45, 2.75) is 341 Å². The lowest BCUT2D eigenvalue weighted by Gasteiger charge is -2.28. The van der Waals surface area contributed by atoms with Crippen molar-refractivity contribution in [1.82, 2.24) is 0 Å². The second-order valence-corrected chi connectivity index (χ2v) is 27.0. The molecule has 0 rings (SSSR count). The highest BCUT2D eigenvalue weighted by Gasteiger charge is 2.22. The first-order valence-corrected chi connectivity index (χ1v) is 37.8. The average molecular weight is 1220 g/mol. The third kappa shape index (κ3) is 70.3. The Kier molecular flexibility index (Phi) is 64.4. The Morgan fingerprint density at radius 1 is 0.372 bits per heavy atom. The normalized spacial score (nSPS) is 13.6. The highest BCUT2D eigenvalue weighted by atomic mass is 31.2. The summed E-state index contributed by atoms with van der Waals surface area (Å²) >= 11 is 0. The zero-order valence-corrected chi connectivity index (χ0v) is 57.9. The molecule has 500 valence electrons. The largest absolute Gasteiger partial charge is 0.756 e. The Bertz CT molecular complexity index is 1730. The van der Waals surface area contributed by atoms with Gasteiger partial charge in [0.2, 0.25) is 0 Å². The number of likely N-dealkylation sites (N-methyl/N-ethyl adjacent to an activating group) is 1. The summed E-state index contributed by atoms with van der Waals surface area (Å²) in [5.74, 6) is -0.824. The van der Waals surface area contributed by atoms with Gasteiger partial charge in [-0.15, -0.1) is 0 Å². The van der Waals surface area contributed by atoms with E-state index in [2.05, 4.69) is 98.9 Å². The molecule has 10 heteroatoms. The number of nitrogens with zero attached hydrogens (tertiary/aromatic N) is 1. The van der Waals surface area contributed by atoms with Crippen molar-refractivity contribution in [2.24, 2.45) is 0 Å². The summed E-state index contributed by atoms with van der Waals surface area (Å²) in [4.78, 5) is 38.1. The molecule has 0 saturated carbocycles. The van der Waals surface area contributed by atoms with Gasteiger partial charge in [0.1, 0.15) is 19.8 Å². The summed E-state index contributed by atoms with van der Waals surface area (Å²) in [5, 5.41) is 0. The third-order valence-corrected chi connectivity index (χ3v) is 16.9. The smallest absolute Gasteiger partial charge is 0.306 e. The van der Waals surface area contributed by atoms with Crippen molar-refractivity contribution < 1.29 is 42.1 Å². The number of carbonyl (C=O) groups excluding carboxylic acids is 2. The molecule has 2 atom stereocenters. The minimum atomic E-state index is -4.65. The van der Waals surface area contributed by atoms with Gasteiger partial charge in [-0.1, -0.05) is 317 Å². The van der Waals surface area contributed by atoms with Crippen molar-refractivity contribution >= 4 is 19.8 Å². The summed E-state index contributed by atoms with van der Waals surface area (Å²) in [7, 11) is 1.17. The Labute approximate surface area is 532 Å². The lowest BCUT2D eigenvalue weighted by molar-refractivity contribution is -0.870. The molecule has 86 heavy (non-hydrogen) atoms. The number of unbranched alkanes of at least 4 members (excludes halogenated alkanes) is 39. The summed E-state index contributed by atoms with van der Waals surface area (Å²) in [6, 6.07) is 0. The van der Waals surface area contributed by atoms with Crippen LogP contribution in [0.2, 0.25) is 0 Å². The maximum absolute atomic E-state index is 12.9. The van der Waals surface area contributed by atoms with Gasteiger partial charge in [0, 0.05) is 12.8 Å². The molecule has 0 aromatic rings. The Balaban J connectivity index is 4.02. The average Bonchev–Trinajstić information content (AvgIpc) is 3.56. The molecule has 0 spiro atoms. The van der Waals surface area contributed by atoms with E-state index in [9.17, 15) is 19.0 Å². The first-order valence-electron chi connectivity index (χ1n) is 36.3. The van der Waals surface area contributed by atoms with E-state index in [0.717, 1.165) is 77.0 Å². The van der Waals surface area contributed by atoms with E-state index in [0.29, 0.717) is 17.4 Å².